The van der Waals surface area contributed by atoms with Crippen LogP contribution in [-0.4, -0.2) is 47.4 Å². The van der Waals surface area contributed by atoms with Crippen molar-refractivity contribution in [2.75, 3.05) is 34.4 Å². The summed E-state index contributed by atoms with van der Waals surface area (Å²) in [4.78, 5) is 0. The lowest BCUT2D eigenvalue weighted by Crippen LogP contribution is -3.00. The van der Waals surface area contributed by atoms with Gasteiger partial charge in [-0.15, -0.1) is 0 Å². The Bertz CT molecular complexity index is 527. The standard InChI is InChI=1S/C26H50NO2Si.ClH/c1-6-7-8-9-10-11-12-13-14-18-22-27(2,25-26-20-16-15-17-21-26)23-19-24-30(5,28-3)29-4;/h15-17,20-21H,6-14,18-19,22-25H2,1-5H3;1H/q+1;/p-1. The molecule has 0 saturated heterocycles. The van der Waals surface area contributed by atoms with Crippen molar-refractivity contribution >= 4 is 8.56 Å². The maximum atomic E-state index is 5.70. The Balaban J connectivity index is 0.00000900. The Morgan fingerprint density at radius 1 is 0.742 bits per heavy atom. The highest BCUT2D eigenvalue weighted by Crippen LogP contribution is 2.20. The molecule has 1 aromatic carbocycles. The molecule has 5 heteroatoms. The average Bonchev–Trinajstić information content (AvgIpc) is 2.75. The third-order valence-corrected chi connectivity index (χ3v) is 9.64. The molecule has 3 nitrogen and oxygen atoms in total. The fourth-order valence-corrected chi connectivity index (χ4v) is 5.72. The lowest BCUT2D eigenvalue weighted by molar-refractivity contribution is -0.922. The van der Waals surface area contributed by atoms with Gasteiger partial charge in [0, 0.05) is 19.8 Å². The van der Waals surface area contributed by atoms with E-state index in [-0.39, 0.29) is 12.4 Å². The molecule has 182 valence electrons. The molecule has 1 atom stereocenters. The number of benzene rings is 1. The minimum atomic E-state index is -1.96. The minimum Gasteiger partial charge on any atom is -1.00 e. The van der Waals surface area contributed by atoms with Crippen molar-refractivity contribution in [2.24, 2.45) is 0 Å². The van der Waals surface area contributed by atoms with E-state index in [1.54, 1.807) is 14.2 Å². The van der Waals surface area contributed by atoms with Gasteiger partial charge in [-0.1, -0.05) is 88.6 Å². The number of hydrogen-bond acceptors (Lipinski definition) is 2. The van der Waals surface area contributed by atoms with E-state index in [0.29, 0.717) is 0 Å². The molecule has 0 aromatic heterocycles. The van der Waals surface area contributed by atoms with Crippen LogP contribution in [0.5, 0.6) is 0 Å². The molecule has 1 unspecified atom stereocenters. The van der Waals surface area contributed by atoms with Gasteiger partial charge < -0.3 is 25.7 Å². The molecule has 31 heavy (non-hydrogen) atoms. The quantitative estimate of drug-likeness (QED) is 0.170. The second kappa shape index (κ2) is 18.1. The van der Waals surface area contributed by atoms with Gasteiger partial charge in [0.15, 0.2) is 0 Å². The molecule has 0 heterocycles. The van der Waals surface area contributed by atoms with Crippen molar-refractivity contribution < 1.29 is 25.7 Å². The molecular weight excluding hydrogens is 422 g/mol. The van der Waals surface area contributed by atoms with E-state index in [9.17, 15) is 0 Å². The van der Waals surface area contributed by atoms with Gasteiger partial charge in [-0.05, 0) is 31.9 Å². The summed E-state index contributed by atoms with van der Waals surface area (Å²) in [5.74, 6) is 0. The highest BCUT2D eigenvalue weighted by atomic mass is 35.5. The van der Waals surface area contributed by atoms with E-state index in [0.717, 1.165) is 17.1 Å². The fraction of sp³-hybridized carbons (Fsp3) is 0.769. The summed E-state index contributed by atoms with van der Waals surface area (Å²) in [6, 6.07) is 12.1. The van der Waals surface area contributed by atoms with Crippen LogP contribution in [0.1, 0.15) is 83.1 Å². The second-order valence-corrected chi connectivity index (χ2v) is 13.1. The van der Waals surface area contributed by atoms with Crippen LogP contribution in [0.15, 0.2) is 30.3 Å². The summed E-state index contributed by atoms with van der Waals surface area (Å²) in [7, 11) is 4.09. The van der Waals surface area contributed by atoms with E-state index < -0.39 is 8.56 Å². The summed E-state index contributed by atoms with van der Waals surface area (Å²) >= 11 is 0. The zero-order valence-corrected chi connectivity index (χ0v) is 22.9. The molecule has 0 radical (unpaired) electrons. The number of unbranched alkanes of at least 4 members (excludes halogenated alkanes) is 9. The Labute approximate surface area is 201 Å². The first-order chi connectivity index (χ1) is 14.5. The first kappa shape index (κ1) is 30.6. The first-order valence-corrected chi connectivity index (χ1v) is 15.0. The average molecular weight is 472 g/mol. The number of rotatable bonds is 19. The molecule has 0 aliphatic rings. The number of hydrogen-bond donors (Lipinski definition) is 0. The first-order valence-electron chi connectivity index (χ1n) is 12.4. The highest BCUT2D eigenvalue weighted by molar-refractivity contribution is 6.65. The van der Waals surface area contributed by atoms with E-state index in [1.807, 2.05) is 0 Å². The molecule has 0 saturated carbocycles. The predicted molar refractivity (Wildman–Crippen MR) is 133 cm³/mol. The lowest BCUT2D eigenvalue weighted by atomic mass is 10.1. The van der Waals surface area contributed by atoms with Gasteiger partial charge in [-0.25, -0.2) is 0 Å². The van der Waals surface area contributed by atoms with Gasteiger partial charge >= 0.3 is 8.56 Å². The Hall–Kier alpha value is -0.393. The van der Waals surface area contributed by atoms with Gasteiger partial charge in [0.05, 0.1) is 20.1 Å². The molecule has 0 bridgehead atoms. The van der Waals surface area contributed by atoms with Gasteiger partial charge in [0.2, 0.25) is 0 Å². The van der Waals surface area contributed by atoms with Crippen molar-refractivity contribution in [1.29, 1.82) is 0 Å². The normalized spacial score (nSPS) is 13.6. The topological polar surface area (TPSA) is 18.5 Å². The van der Waals surface area contributed by atoms with Crippen LogP contribution in [0, 0.1) is 0 Å². The van der Waals surface area contributed by atoms with Crippen molar-refractivity contribution in [1.82, 2.24) is 0 Å². The summed E-state index contributed by atoms with van der Waals surface area (Å²) in [5, 5.41) is 0. The Kier molecular flexibility index (Phi) is 17.9. The lowest BCUT2D eigenvalue weighted by Gasteiger charge is -2.36. The summed E-state index contributed by atoms with van der Waals surface area (Å²) in [6.07, 6.45) is 15.2. The largest absolute Gasteiger partial charge is 1.00 e. The molecule has 0 aliphatic heterocycles. The fourth-order valence-electron chi connectivity index (χ4n) is 4.34. The molecular formula is C26H50ClNO2Si. The maximum Gasteiger partial charge on any atom is 0.334 e. The molecule has 1 rings (SSSR count). The van der Waals surface area contributed by atoms with Crippen LogP contribution in [0.4, 0.5) is 0 Å². The molecule has 0 N–H and O–H groups in total. The number of halogens is 1. The zero-order valence-electron chi connectivity index (χ0n) is 21.1. The van der Waals surface area contributed by atoms with Crippen LogP contribution >= 0.6 is 0 Å². The molecule has 0 spiro atoms. The van der Waals surface area contributed by atoms with Crippen molar-refractivity contribution in [2.45, 2.75) is 96.7 Å². The Morgan fingerprint density at radius 2 is 1.23 bits per heavy atom. The van der Waals surface area contributed by atoms with Crippen LogP contribution in [-0.2, 0) is 15.4 Å². The molecule has 0 fully saturated rings. The van der Waals surface area contributed by atoms with Crippen LogP contribution < -0.4 is 12.4 Å². The predicted octanol–water partition coefficient (Wildman–Crippen LogP) is 4.31. The van der Waals surface area contributed by atoms with Gasteiger partial charge in [0.1, 0.15) is 6.54 Å². The number of nitrogens with zero attached hydrogens (tertiary/aromatic N) is 1. The van der Waals surface area contributed by atoms with Gasteiger partial charge in [-0.2, -0.15) is 0 Å². The SMILES string of the molecule is CCCCCCCCCCCC[N+](C)(CCC[Si](C)(OC)OC)Cc1ccccc1.[Cl-]. The minimum absolute atomic E-state index is 0. The smallest absolute Gasteiger partial charge is 0.334 e. The Morgan fingerprint density at radius 3 is 1.74 bits per heavy atom. The highest BCUT2D eigenvalue weighted by Gasteiger charge is 2.30. The summed E-state index contributed by atoms with van der Waals surface area (Å²) in [5.41, 5.74) is 1.45. The van der Waals surface area contributed by atoms with E-state index in [2.05, 4.69) is 50.9 Å². The van der Waals surface area contributed by atoms with Crippen LogP contribution in [0.3, 0.4) is 0 Å². The van der Waals surface area contributed by atoms with Crippen molar-refractivity contribution in [3.63, 3.8) is 0 Å². The van der Waals surface area contributed by atoms with E-state index in [1.165, 1.54) is 89.3 Å². The summed E-state index contributed by atoms with van der Waals surface area (Å²) < 4.78 is 12.5. The third-order valence-electron chi connectivity index (χ3n) is 6.65. The monoisotopic (exact) mass is 471 g/mol. The molecule has 1 aromatic rings. The summed E-state index contributed by atoms with van der Waals surface area (Å²) in [6.45, 7) is 8.05. The van der Waals surface area contributed by atoms with Crippen molar-refractivity contribution in [3.8, 4) is 0 Å². The molecule has 0 aliphatic carbocycles. The van der Waals surface area contributed by atoms with E-state index >= 15 is 0 Å². The van der Waals surface area contributed by atoms with Crippen LogP contribution in [0.25, 0.3) is 0 Å². The number of quaternary nitrogens is 1. The second-order valence-electron chi connectivity index (χ2n) is 9.54. The third kappa shape index (κ3) is 14.4. The van der Waals surface area contributed by atoms with Gasteiger partial charge in [0.25, 0.3) is 0 Å². The van der Waals surface area contributed by atoms with Crippen molar-refractivity contribution in [3.05, 3.63) is 35.9 Å². The maximum absolute atomic E-state index is 5.70. The van der Waals surface area contributed by atoms with Crippen LogP contribution in [0.2, 0.25) is 12.6 Å². The van der Waals surface area contributed by atoms with E-state index in [4.69, 9.17) is 8.85 Å². The zero-order chi connectivity index (χ0) is 22.1. The van der Waals surface area contributed by atoms with Gasteiger partial charge in [-0.3, -0.25) is 0 Å². The molecule has 0 amide bonds.